The lowest BCUT2D eigenvalue weighted by Crippen LogP contribution is -2.19. The van der Waals surface area contributed by atoms with Crippen LogP contribution >= 0.6 is 0 Å². The first kappa shape index (κ1) is 15.6. The molecule has 1 aliphatic rings. The molecule has 0 radical (unpaired) electrons. The van der Waals surface area contributed by atoms with Crippen LogP contribution in [-0.4, -0.2) is 23.1 Å². The van der Waals surface area contributed by atoms with Crippen LogP contribution in [0.4, 0.5) is 21.8 Å². The number of hydrogen-bond donors (Lipinski definition) is 1. The van der Waals surface area contributed by atoms with Gasteiger partial charge in [0.1, 0.15) is 11.6 Å². The predicted octanol–water partition coefficient (Wildman–Crippen LogP) is 4.63. The fraction of sp³-hybridized carbons (Fsp3) is 0.200. The second-order valence-corrected chi connectivity index (χ2v) is 6.10. The van der Waals surface area contributed by atoms with Crippen LogP contribution in [-0.2, 0) is 0 Å². The Labute approximate surface area is 146 Å². The van der Waals surface area contributed by atoms with Crippen molar-refractivity contribution < 1.29 is 4.39 Å². The van der Waals surface area contributed by atoms with Crippen LogP contribution in [0.25, 0.3) is 11.3 Å². The van der Waals surface area contributed by atoms with Crippen LogP contribution in [0.3, 0.4) is 0 Å². The lowest BCUT2D eigenvalue weighted by molar-refractivity contribution is 0.631. The molecule has 1 fully saturated rings. The Morgan fingerprint density at radius 2 is 1.60 bits per heavy atom. The molecular formula is C20H19FN4. The molecular weight excluding hydrogens is 315 g/mol. The van der Waals surface area contributed by atoms with Crippen molar-refractivity contribution in [2.24, 2.45) is 0 Å². The van der Waals surface area contributed by atoms with Crippen molar-refractivity contribution in [3.63, 3.8) is 0 Å². The summed E-state index contributed by atoms with van der Waals surface area (Å²) in [5, 5.41) is 3.02. The Morgan fingerprint density at radius 1 is 0.880 bits per heavy atom. The molecule has 0 saturated carbocycles. The maximum atomic E-state index is 14.0. The van der Waals surface area contributed by atoms with Gasteiger partial charge in [0.2, 0.25) is 5.95 Å². The van der Waals surface area contributed by atoms with E-state index < -0.39 is 0 Å². The summed E-state index contributed by atoms with van der Waals surface area (Å²) in [5.41, 5.74) is 2.22. The molecule has 4 nitrogen and oxygen atoms in total. The summed E-state index contributed by atoms with van der Waals surface area (Å²) in [7, 11) is 0. The first-order valence-electron chi connectivity index (χ1n) is 8.50. The minimum atomic E-state index is -0.320. The van der Waals surface area contributed by atoms with E-state index in [2.05, 4.69) is 20.2 Å². The van der Waals surface area contributed by atoms with E-state index >= 15 is 0 Å². The van der Waals surface area contributed by atoms with E-state index in [9.17, 15) is 4.39 Å². The Bertz CT molecular complexity index is 861. The molecule has 1 N–H and O–H groups in total. The maximum absolute atomic E-state index is 14.0. The van der Waals surface area contributed by atoms with Crippen LogP contribution in [0.15, 0.2) is 60.7 Å². The van der Waals surface area contributed by atoms with Crippen LogP contribution in [0.1, 0.15) is 12.8 Å². The van der Waals surface area contributed by atoms with E-state index in [-0.39, 0.29) is 5.82 Å². The number of nitrogens with one attached hydrogen (secondary N) is 1. The van der Waals surface area contributed by atoms with E-state index in [4.69, 9.17) is 0 Å². The number of anilines is 3. The Kier molecular flexibility index (Phi) is 4.29. The molecule has 0 bridgehead atoms. The van der Waals surface area contributed by atoms with Gasteiger partial charge in [-0.15, -0.1) is 0 Å². The second-order valence-electron chi connectivity index (χ2n) is 6.10. The standard InChI is InChI=1S/C20H19FN4/c21-16-10-4-5-11-17(16)22-20-23-18(15-8-2-1-3-9-15)14-19(24-20)25-12-6-7-13-25/h1-5,8-11,14H,6-7,12-13H2,(H,22,23,24). The number of aromatic nitrogens is 2. The van der Waals surface area contributed by atoms with Gasteiger partial charge in [0, 0.05) is 24.7 Å². The third-order valence-corrected chi connectivity index (χ3v) is 4.33. The molecule has 2 heterocycles. The van der Waals surface area contributed by atoms with Gasteiger partial charge in [-0.05, 0) is 25.0 Å². The average Bonchev–Trinajstić information content (AvgIpc) is 3.19. The molecule has 2 aromatic carbocycles. The molecule has 1 saturated heterocycles. The van der Waals surface area contributed by atoms with Crippen molar-refractivity contribution in [1.82, 2.24) is 9.97 Å². The van der Waals surface area contributed by atoms with Gasteiger partial charge >= 0.3 is 0 Å². The van der Waals surface area contributed by atoms with E-state index in [1.807, 2.05) is 36.4 Å². The molecule has 3 aromatic rings. The molecule has 0 amide bonds. The van der Waals surface area contributed by atoms with Gasteiger partial charge in [-0.2, -0.15) is 4.98 Å². The van der Waals surface area contributed by atoms with Crippen molar-refractivity contribution in [3.8, 4) is 11.3 Å². The van der Waals surface area contributed by atoms with Crippen LogP contribution < -0.4 is 10.2 Å². The smallest absolute Gasteiger partial charge is 0.229 e. The lowest BCUT2D eigenvalue weighted by Gasteiger charge is -2.18. The van der Waals surface area contributed by atoms with Gasteiger partial charge in [-0.25, -0.2) is 9.37 Å². The minimum absolute atomic E-state index is 0.320. The van der Waals surface area contributed by atoms with Crippen LogP contribution in [0, 0.1) is 5.82 Å². The number of benzene rings is 2. The third-order valence-electron chi connectivity index (χ3n) is 4.33. The Hall–Kier alpha value is -2.95. The Morgan fingerprint density at radius 3 is 2.36 bits per heavy atom. The lowest BCUT2D eigenvalue weighted by atomic mass is 10.1. The molecule has 25 heavy (non-hydrogen) atoms. The highest BCUT2D eigenvalue weighted by Gasteiger charge is 2.17. The summed E-state index contributed by atoms with van der Waals surface area (Å²) in [6, 6.07) is 18.5. The monoisotopic (exact) mass is 334 g/mol. The van der Waals surface area contributed by atoms with Crippen molar-refractivity contribution in [3.05, 3.63) is 66.5 Å². The van der Waals surface area contributed by atoms with Crippen molar-refractivity contribution in [1.29, 1.82) is 0 Å². The maximum Gasteiger partial charge on any atom is 0.229 e. The second kappa shape index (κ2) is 6.89. The number of hydrogen-bond acceptors (Lipinski definition) is 4. The Balaban J connectivity index is 1.74. The highest BCUT2D eigenvalue weighted by atomic mass is 19.1. The highest BCUT2D eigenvalue weighted by Crippen LogP contribution is 2.27. The molecule has 0 unspecified atom stereocenters. The minimum Gasteiger partial charge on any atom is -0.356 e. The fourth-order valence-corrected chi connectivity index (χ4v) is 3.04. The predicted molar refractivity (Wildman–Crippen MR) is 98.6 cm³/mol. The number of rotatable bonds is 4. The molecule has 0 atom stereocenters. The van der Waals surface area contributed by atoms with Crippen LogP contribution in [0.2, 0.25) is 0 Å². The largest absolute Gasteiger partial charge is 0.356 e. The van der Waals surface area contributed by atoms with Crippen molar-refractivity contribution in [2.45, 2.75) is 12.8 Å². The molecule has 1 aromatic heterocycles. The number of para-hydroxylation sites is 1. The quantitative estimate of drug-likeness (QED) is 0.755. The van der Waals surface area contributed by atoms with E-state index in [1.54, 1.807) is 18.2 Å². The van der Waals surface area contributed by atoms with Gasteiger partial charge in [0.25, 0.3) is 0 Å². The van der Waals surface area contributed by atoms with Gasteiger partial charge in [0.05, 0.1) is 11.4 Å². The highest BCUT2D eigenvalue weighted by molar-refractivity contribution is 5.66. The summed E-state index contributed by atoms with van der Waals surface area (Å²) < 4.78 is 14.0. The van der Waals surface area contributed by atoms with Crippen molar-refractivity contribution >= 4 is 17.5 Å². The SMILES string of the molecule is Fc1ccccc1Nc1nc(-c2ccccc2)cc(N2CCCC2)n1. The normalized spacial score (nSPS) is 13.9. The van der Waals surface area contributed by atoms with Crippen molar-refractivity contribution in [2.75, 3.05) is 23.3 Å². The van der Waals surface area contributed by atoms with E-state index in [0.717, 1.165) is 30.2 Å². The molecule has 0 spiro atoms. The average molecular weight is 334 g/mol. The fourth-order valence-electron chi connectivity index (χ4n) is 3.04. The summed E-state index contributed by atoms with van der Waals surface area (Å²) >= 11 is 0. The summed E-state index contributed by atoms with van der Waals surface area (Å²) in [5.74, 6) is 0.970. The van der Waals surface area contributed by atoms with Crippen LogP contribution in [0.5, 0.6) is 0 Å². The summed E-state index contributed by atoms with van der Waals surface area (Å²) in [6.45, 7) is 1.98. The number of nitrogens with zero attached hydrogens (tertiary/aromatic N) is 3. The van der Waals surface area contributed by atoms with Gasteiger partial charge in [-0.1, -0.05) is 42.5 Å². The van der Waals surface area contributed by atoms with E-state index in [0.29, 0.717) is 11.6 Å². The van der Waals surface area contributed by atoms with E-state index in [1.165, 1.54) is 18.9 Å². The van der Waals surface area contributed by atoms with Gasteiger partial charge in [-0.3, -0.25) is 0 Å². The first-order valence-corrected chi connectivity index (χ1v) is 8.50. The summed E-state index contributed by atoms with van der Waals surface area (Å²) in [4.78, 5) is 11.5. The summed E-state index contributed by atoms with van der Waals surface area (Å²) in [6.07, 6.45) is 2.33. The molecule has 5 heteroatoms. The van der Waals surface area contributed by atoms with Gasteiger partial charge < -0.3 is 10.2 Å². The zero-order valence-corrected chi connectivity index (χ0v) is 13.8. The molecule has 0 aliphatic carbocycles. The number of halogens is 1. The molecule has 4 rings (SSSR count). The first-order chi connectivity index (χ1) is 12.3. The topological polar surface area (TPSA) is 41.1 Å². The molecule has 1 aliphatic heterocycles. The third kappa shape index (κ3) is 3.45. The zero-order chi connectivity index (χ0) is 17.1. The zero-order valence-electron chi connectivity index (χ0n) is 13.8. The van der Waals surface area contributed by atoms with Gasteiger partial charge in [0.15, 0.2) is 0 Å². The molecule has 126 valence electrons.